The van der Waals surface area contributed by atoms with Crippen LogP contribution in [0.3, 0.4) is 0 Å². The summed E-state index contributed by atoms with van der Waals surface area (Å²) in [5.41, 5.74) is 1.73. The number of halogens is 2. The van der Waals surface area contributed by atoms with Crippen molar-refractivity contribution in [2.24, 2.45) is 0 Å². The van der Waals surface area contributed by atoms with Crippen LogP contribution in [0.25, 0.3) is 16.9 Å². The van der Waals surface area contributed by atoms with Crippen LogP contribution in [0.4, 0.5) is 11.5 Å². The average Bonchev–Trinajstić information content (AvgIpc) is 3.32. The largest absolute Gasteiger partial charge is 0.329 e. The van der Waals surface area contributed by atoms with Crippen LogP contribution in [0, 0.1) is 10.1 Å². The molecule has 0 radical (unpaired) electrons. The highest BCUT2D eigenvalue weighted by Crippen LogP contribution is 2.29. The molecule has 0 fully saturated rings. The Morgan fingerprint density at radius 2 is 1.71 bits per heavy atom. The summed E-state index contributed by atoms with van der Waals surface area (Å²) in [5.74, 6) is -0.623. The fraction of sp³-hybridized carbons (Fsp3) is 0.148. The predicted molar refractivity (Wildman–Crippen MR) is 147 cm³/mol. The van der Waals surface area contributed by atoms with Crippen LogP contribution in [0.5, 0.6) is 0 Å². The molecule has 0 unspecified atom stereocenters. The van der Waals surface area contributed by atoms with E-state index in [0.29, 0.717) is 28.6 Å². The summed E-state index contributed by atoms with van der Waals surface area (Å²) in [6.45, 7) is 1.85. The summed E-state index contributed by atoms with van der Waals surface area (Å²) in [5, 5.41) is 19.1. The Labute approximate surface area is 228 Å². The molecule has 0 aliphatic rings. The number of carbonyl (C=O) groups is 2. The van der Waals surface area contributed by atoms with E-state index in [9.17, 15) is 19.7 Å². The molecule has 0 spiro atoms. The lowest BCUT2D eigenvalue weighted by molar-refractivity contribution is -0.384. The Morgan fingerprint density at radius 3 is 2.39 bits per heavy atom. The van der Waals surface area contributed by atoms with Gasteiger partial charge in [-0.25, -0.2) is 4.68 Å². The van der Waals surface area contributed by atoms with Gasteiger partial charge in [-0.15, -0.1) is 0 Å². The monoisotopic (exact) mass is 551 g/mol. The molecule has 0 bridgehead atoms. The van der Waals surface area contributed by atoms with Gasteiger partial charge in [0.05, 0.1) is 21.3 Å². The number of aromatic nitrogens is 2. The Kier molecular flexibility index (Phi) is 8.40. The van der Waals surface area contributed by atoms with Gasteiger partial charge in [0.1, 0.15) is 17.4 Å². The quantitative estimate of drug-likeness (QED) is 0.195. The second-order valence-corrected chi connectivity index (χ2v) is 9.16. The standard InChI is InChI=1S/C27H23Cl2N5O4/c1-2-14-32(27(36)19-12-13-21(29)24(15-19)34(37)38)17-26(35)30-25-16-22(18-8-4-3-5-9-18)31-33(25)23-11-7-6-10-20(23)28/h3-13,15-16H,2,14,17H2,1H3,(H,30,35). The Bertz CT molecular complexity index is 1490. The lowest BCUT2D eigenvalue weighted by Crippen LogP contribution is -2.38. The highest BCUT2D eigenvalue weighted by molar-refractivity contribution is 6.33. The first-order valence-electron chi connectivity index (χ1n) is 11.7. The first-order chi connectivity index (χ1) is 18.3. The van der Waals surface area contributed by atoms with Gasteiger partial charge in [0.15, 0.2) is 0 Å². The van der Waals surface area contributed by atoms with E-state index in [1.807, 2.05) is 43.3 Å². The molecule has 9 nitrogen and oxygen atoms in total. The van der Waals surface area contributed by atoms with Crippen LogP contribution in [-0.2, 0) is 4.79 Å². The number of benzene rings is 3. The van der Waals surface area contributed by atoms with Crippen LogP contribution in [0.2, 0.25) is 10.0 Å². The van der Waals surface area contributed by atoms with E-state index in [1.165, 1.54) is 21.7 Å². The molecule has 0 atom stereocenters. The minimum atomic E-state index is -0.657. The molecule has 1 heterocycles. The van der Waals surface area contributed by atoms with Crippen molar-refractivity contribution in [3.05, 3.63) is 105 Å². The number of para-hydroxylation sites is 1. The van der Waals surface area contributed by atoms with E-state index < -0.39 is 16.7 Å². The number of nitro benzene ring substituents is 1. The first kappa shape index (κ1) is 26.8. The van der Waals surface area contributed by atoms with Gasteiger partial charge in [0.2, 0.25) is 5.91 Å². The van der Waals surface area contributed by atoms with Crippen LogP contribution in [-0.4, -0.2) is 44.5 Å². The molecule has 3 aromatic carbocycles. The minimum Gasteiger partial charge on any atom is -0.329 e. The fourth-order valence-electron chi connectivity index (χ4n) is 3.87. The molecule has 0 aliphatic carbocycles. The van der Waals surface area contributed by atoms with Crippen molar-refractivity contribution in [2.75, 3.05) is 18.4 Å². The second kappa shape index (κ2) is 11.9. The number of amides is 2. The van der Waals surface area contributed by atoms with Gasteiger partial charge >= 0.3 is 0 Å². The van der Waals surface area contributed by atoms with Crippen LogP contribution in [0.15, 0.2) is 78.9 Å². The molecule has 1 aromatic heterocycles. The van der Waals surface area contributed by atoms with E-state index in [2.05, 4.69) is 10.4 Å². The molecular formula is C27H23Cl2N5O4. The third kappa shape index (κ3) is 6.01. The van der Waals surface area contributed by atoms with E-state index >= 15 is 0 Å². The Balaban J connectivity index is 1.61. The van der Waals surface area contributed by atoms with Crippen molar-refractivity contribution in [1.82, 2.24) is 14.7 Å². The summed E-state index contributed by atoms with van der Waals surface area (Å²) in [7, 11) is 0. The molecule has 0 aliphatic heterocycles. The zero-order valence-electron chi connectivity index (χ0n) is 20.3. The van der Waals surface area contributed by atoms with Crippen LogP contribution >= 0.6 is 23.2 Å². The van der Waals surface area contributed by atoms with Crippen LogP contribution < -0.4 is 5.32 Å². The molecule has 2 amide bonds. The Hall–Kier alpha value is -4.21. The normalized spacial score (nSPS) is 10.7. The van der Waals surface area contributed by atoms with E-state index in [4.69, 9.17) is 23.2 Å². The van der Waals surface area contributed by atoms with Gasteiger partial charge in [0, 0.05) is 29.8 Å². The molecule has 11 heteroatoms. The van der Waals surface area contributed by atoms with Crippen molar-refractivity contribution in [3.63, 3.8) is 0 Å². The SMILES string of the molecule is CCCN(CC(=O)Nc1cc(-c2ccccc2)nn1-c1ccccc1Cl)C(=O)c1ccc(Cl)c([N+](=O)[O-])c1. The predicted octanol–water partition coefficient (Wildman–Crippen LogP) is 6.25. The Morgan fingerprint density at radius 1 is 1.00 bits per heavy atom. The number of nitrogens with one attached hydrogen (secondary N) is 1. The third-order valence-corrected chi connectivity index (χ3v) is 6.27. The topological polar surface area (TPSA) is 110 Å². The molecule has 1 N–H and O–H groups in total. The highest BCUT2D eigenvalue weighted by atomic mass is 35.5. The molecule has 4 aromatic rings. The smallest absolute Gasteiger partial charge is 0.288 e. The lowest BCUT2D eigenvalue weighted by atomic mass is 10.1. The second-order valence-electron chi connectivity index (χ2n) is 8.34. The molecule has 0 saturated heterocycles. The van der Waals surface area contributed by atoms with Crippen molar-refractivity contribution < 1.29 is 14.5 Å². The molecule has 38 heavy (non-hydrogen) atoms. The minimum absolute atomic E-state index is 0.0647. The number of nitro groups is 1. The van der Waals surface area contributed by atoms with Crippen molar-refractivity contribution in [2.45, 2.75) is 13.3 Å². The van der Waals surface area contributed by atoms with Crippen LogP contribution in [0.1, 0.15) is 23.7 Å². The van der Waals surface area contributed by atoms with Gasteiger partial charge < -0.3 is 10.2 Å². The average molecular weight is 552 g/mol. The number of anilines is 1. The van der Waals surface area contributed by atoms with E-state index in [0.717, 1.165) is 11.6 Å². The zero-order valence-corrected chi connectivity index (χ0v) is 21.8. The summed E-state index contributed by atoms with van der Waals surface area (Å²) in [4.78, 5) is 38.3. The zero-order chi connectivity index (χ0) is 27.2. The summed E-state index contributed by atoms with van der Waals surface area (Å²) in [6, 6.07) is 22.1. The molecular weight excluding hydrogens is 529 g/mol. The maximum Gasteiger partial charge on any atom is 0.288 e. The van der Waals surface area contributed by atoms with Gasteiger partial charge in [0.25, 0.3) is 11.6 Å². The lowest BCUT2D eigenvalue weighted by Gasteiger charge is -2.22. The van der Waals surface area contributed by atoms with Gasteiger partial charge in [-0.3, -0.25) is 19.7 Å². The number of hydrogen-bond acceptors (Lipinski definition) is 5. The van der Waals surface area contributed by atoms with E-state index in [-0.39, 0.29) is 29.4 Å². The summed E-state index contributed by atoms with van der Waals surface area (Å²) >= 11 is 12.3. The van der Waals surface area contributed by atoms with Crippen molar-refractivity contribution in [1.29, 1.82) is 0 Å². The van der Waals surface area contributed by atoms with Crippen molar-refractivity contribution >= 4 is 46.5 Å². The fourth-order valence-corrected chi connectivity index (χ4v) is 4.28. The maximum atomic E-state index is 13.2. The number of carbonyl (C=O) groups excluding carboxylic acids is 2. The molecule has 4 rings (SSSR count). The number of rotatable bonds is 9. The van der Waals surface area contributed by atoms with Crippen molar-refractivity contribution in [3.8, 4) is 16.9 Å². The number of nitrogens with zero attached hydrogens (tertiary/aromatic N) is 4. The maximum absolute atomic E-state index is 13.2. The number of hydrogen-bond donors (Lipinski definition) is 1. The van der Waals surface area contributed by atoms with Gasteiger partial charge in [-0.05, 0) is 30.7 Å². The highest BCUT2D eigenvalue weighted by Gasteiger charge is 2.23. The van der Waals surface area contributed by atoms with Gasteiger partial charge in [-0.1, -0.05) is 72.6 Å². The molecule has 194 valence electrons. The third-order valence-electron chi connectivity index (χ3n) is 5.63. The summed E-state index contributed by atoms with van der Waals surface area (Å²) < 4.78 is 1.54. The van der Waals surface area contributed by atoms with E-state index in [1.54, 1.807) is 24.3 Å². The molecule has 0 saturated carbocycles. The summed E-state index contributed by atoms with van der Waals surface area (Å²) in [6.07, 6.45) is 0.574. The first-order valence-corrected chi connectivity index (χ1v) is 12.5. The van der Waals surface area contributed by atoms with Gasteiger partial charge in [-0.2, -0.15) is 5.10 Å².